The van der Waals surface area contributed by atoms with Crippen LogP contribution in [0.3, 0.4) is 0 Å². The van der Waals surface area contributed by atoms with Gasteiger partial charge in [0.05, 0.1) is 6.54 Å². The van der Waals surface area contributed by atoms with Gasteiger partial charge in [-0.25, -0.2) is 0 Å². The Hall–Kier alpha value is -1.26. The number of carbonyl (C=O) groups is 1. The number of hydrogen-bond donors (Lipinski definition) is 2. The van der Waals surface area contributed by atoms with Crippen molar-refractivity contribution in [3.8, 4) is 0 Å². The predicted molar refractivity (Wildman–Crippen MR) is 45.6 cm³/mol. The molecule has 0 saturated carbocycles. The molecule has 0 amide bonds. The van der Waals surface area contributed by atoms with E-state index in [9.17, 15) is 4.79 Å². The fourth-order valence-electron chi connectivity index (χ4n) is 0.826. The van der Waals surface area contributed by atoms with Crippen molar-refractivity contribution in [2.24, 2.45) is 5.73 Å². The lowest BCUT2D eigenvalue weighted by Gasteiger charge is -1.99. The van der Waals surface area contributed by atoms with Gasteiger partial charge in [-0.15, -0.1) is 0 Å². The molecule has 0 aromatic carbocycles. The normalized spacial score (nSPS) is 9.75. The van der Waals surface area contributed by atoms with Gasteiger partial charge in [-0.05, 0) is 12.1 Å². The topological polar surface area (TPSA) is 68.0 Å². The van der Waals surface area contributed by atoms with Crippen LogP contribution in [0.2, 0.25) is 0 Å². The van der Waals surface area contributed by atoms with Crippen LogP contribution in [0, 0.1) is 0 Å². The van der Waals surface area contributed by atoms with Crippen LogP contribution in [0.5, 0.6) is 0 Å². The lowest BCUT2D eigenvalue weighted by atomic mass is 10.2. The number of nitrogens with zero attached hydrogens (tertiary/aromatic N) is 1. The Morgan fingerprint density at radius 2 is 2.17 bits per heavy atom. The molecule has 1 aromatic heterocycles. The summed E-state index contributed by atoms with van der Waals surface area (Å²) >= 11 is 0. The van der Waals surface area contributed by atoms with E-state index in [1.54, 1.807) is 24.5 Å². The molecule has 0 radical (unpaired) electrons. The van der Waals surface area contributed by atoms with E-state index in [2.05, 4.69) is 10.3 Å². The zero-order chi connectivity index (χ0) is 8.81. The smallest absolute Gasteiger partial charge is 0.176 e. The van der Waals surface area contributed by atoms with Crippen LogP contribution in [0.1, 0.15) is 10.4 Å². The Bertz CT molecular complexity index is 248. The van der Waals surface area contributed by atoms with Crippen LogP contribution < -0.4 is 11.1 Å². The van der Waals surface area contributed by atoms with Gasteiger partial charge in [0.1, 0.15) is 0 Å². The van der Waals surface area contributed by atoms with E-state index in [4.69, 9.17) is 5.73 Å². The summed E-state index contributed by atoms with van der Waals surface area (Å²) in [5.74, 6) is 0.0304. The number of rotatable bonds is 4. The molecule has 4 nitrogen and oxygen atoms in total. The highest BCUT2D eigenvalue weighted by atomic mass is 16.1. The van der Waals surface area contributed by atoms with E-state index in [1.165, 1.54) is 0 Å². The molecule has 1 rings (SSSR count). The van der Waals surface area contributed by atoms with E-state index < -0.39 is 0 Å². The molecule has 1 aromatic rings. The quantitative estimate of drug-likeness (QED) is 0.477. The summed E-state index contributed by atoms with van der Waals surface area (Å²) < 4.78 is 0. The van der Waals surface area contributed by atoms with Crippen molar-refractivity contribution < 1.29 is 4.79 Å². The van der Waals surface area contributed by atoms with Gasteiger partial charge in [0, 0.05) is 24.6 Å². The summed E-state index contributed by atoms with van der Waals surface area (Å²) in [6.45, 7) is 0.595. The third-order valence-corrected chi connectivity index (χ3v) is 1.43. The summed E-state index contributed by atoms with van der Waals surface area (Å²) in [5.41, 5.74) is 5.84. The third-order valence-electron chi connectivity index (χ3n) is 1.43. The molecule has 0 bridgehead atoms. The molecular formula is C8H11N3O. The first-order valence-electron chi connectivity index (χ1n) is 3.68. The molecule has 0 spiro atoms. The van der Waals surface area contributed by atoms with Crippen LogP contribution in [-0.2, 0) is 0 Å². The molecule has 64 valence electrons. The van der Waals surface area contributed by atoms with Gasteiger partial charge in [-0.2, -0.15) is 0 Å². The van der Waals surface area contributed by atoms with E-state index >= 15 is 0 Å². The summed E-state index contributed by atoms with van der Waals surface area (Å²) in [7, 11) is 0. The largest absolute Gasteiger partial charge is 0.318 e. The molecule has 4 heteroatoms. The molecule has 12 heavy (non-hydrogen) atoms. The van der Waals surface area contributed by atoms with Crippen molar-refractivity contribution in [1.82, 2.24) is 10.3 Å². The molecule has 0 unspecified atom stereocenters. The zero-order valence-corrected chi connectivity index (χ0v) is 6.66. The average molecular weight is 165 g/mol. The van der Waals surface area contributed by atoms with Crippen LogP contribution in [0.25, 0.3) is 0 Å². The Labute approximate surface area is 70.8 Å². The summed E-state index contributed by atoms with van der Waals surface area (Å²) in [4.78, 5) is 15.1. The standard InChI is InChI=1S/C8H11N3O/c9-6-11-5-8(12)7-1-3-10-4-2-7/h1-4,11H,5-6,9H2. The first-order chi connectivity index (χ1) is 5.84. The average Bonchev–Trinajstić information content (AvgIpc) is 2.15. The van der Waals surface area contributed by atoms with Gasteiger partial charge < -0.3 is 5.73 Å². The fourth-order valence-corrected chi connectivity index (χ4v) is 0.826. The number of Topliss-reactive ketones (excluding diaryl/α,β-unsaturated/α-hetero) is 1. The third kappa shape index (κ3) is 2.41. The number of carbonyl (C=O) groups excluding carboxylic acids is 1. The number of pyridine rings is 1. The number of nitrogens with two attached hydrogens (primary N) is 1. The molecule has 0 fully saturated rings. The molecule has 0 aliphatic rings. The van der Waals surface area contributed by atoms with E-state index in [0.29, 0.717) is 12.2 Å². The summed E-state index contributed by atoms with van der Waals surface area (Å²) in [6.07, 6.45) is 3.19. The SMILES string of the molecule is NCNCC(=O)c1ccncc1. The fraction of sp³-hybridized carbons (Fsp3) is 0.250. The lowest BCUT2D eigenvalue weighted by Crippen LogP contribution is -2.28. The minimum atomic E-state index is 0.0304. The second-order valence-corrected chi connectivity index (χ2v) is 2.29. The van der Waals surface area contributed by atoms with E-state index in [0.717, 1.165) is 0 Å². The molecule has 0 atom stereocenters. The van der Waals surface area contributed by atoms with Crippen LogP contribution in [0.15, 0.2) is 24.5 Å². The Morgan fingerprint density at radius 1 is 1.50 bits per heavy atom. The maximum atomic E-state index is 11.3. The molecule has 1 heterocycles. The summed E-state index contributed by atoms with van der Waals surface area (Å²) in [6, 6.07) is 3.36. The minimum absolute atomic E-state index is 0.0304. The first-order valence-corrected chi connectivity index (χ1v) is 3.68. The second kappa shape index (κ2) is 4.58. The number of hydrogen-bond acceptors (Lipinski definition) is 4. The number of nitrogens with one attached hydrogen (secondary N) is 1. The van der Waals surface area contributed by atoms with Crippen molar-refractivity contribution in [2.75, 3.05) is 13.2 Å². The van der Waals surface area contributed by atoms with Crippen molar-refractivity contribution in [3.05, 3.63) is 30.1 Å². The van der Waals surface area contributed by atoms with Gasteiger partial charge in [0.25, 0.3) is 0 Å². The maximum Gasteiger partial charge on any atom is 0.176 e. The Balaban J connectivity index is 2.54. The molecule has 3 N–H and O–H groups in total. The monoisotopic (exact) mass is 165 g/mol. The van der Waals surface area contributed by atoms with Crippen molar-refractivity contribution in [1.29, 1.82) is 0 Å². The zero-order valence-electron chi connectivity index (χ0n) is 6.66. The van der Waals surface area contributed by atoms with Crippen LogP contribution >= 0.6 is 0 Å². The van der Waals surface area contributed by atoms with Gasteiger partial charge >= 0.3 is 0 Å². The molecular weight excluding hydrogens is 154 g/mol. The molecule has 0 aliphatic carbocycles. The van der Waals surface area contributed by atoms with E-state index in [-0.39, 0.29) is 12.3 Å². The highest BCUT2D eigenvalue weighted by Gasteiger charge is 2.02. The van der Waals surface area contributed by atoms with Gasteiger partial charge in [-0.1, -0.05) is 0 Å². The van der Waals surface area contributed by atoms with Crippen molar-refractivity contribution in [2.45, 2.75) is 0 Å². The van der Waals surface area contributed by atoms with Crippen molar-refractivity contribution in [3.63, 3.8) is 0 Å². The predicted octanol–water partition coefficient (Wildman–Crippen LogP) is -0.230. The minimum Gasteiger partial charge on any atom is -0.318 e. The number of ketones is 1. The highest BCUT2D eigenvalue weighted by molar-refractivity contribution is 5.97. The van der Waals surface area contributed by atoms with Gasteiger partial charge in [0.2, 0.25) is 0 Å². The first kappa shape index (κ1) is 8.83. The van der Waals surface area contributed by atoms with Crippen LogP contribution in [0.4, 0.5) is 0 Å². The summed E-state index contributed by atoms with van der Waals surface area (Å²) in [5, 5.41) is 2.75. The van der Waals surface area contributed by atoms with Crippen LogP contribution in [-0.4, -0.2) is 24.0 Å². The Kier molecular flexibility index (Phi) is 3.37. The highest BCUT2D eigenvalue weighted by Crippen LogP contribution is 1.95. The molecule has 0 saturated heterocycles. The van der Waals surface area contributed by atoms with Gasteiger partial charge in [0.15, 0.2) is 5.78 Å². The number of aromatic nitrogens is 1. The maximum absolute atomic E-state index is 11.3. The van der Waals surface area contributed by atoms with Gasteiger partial charge in [-0.3, -0.25) is 15.1 Å². The van der Waals surface area contributed by atoms with Crippen molar-refractivity contribution >= 4 is 5.78 Å². The van der Waals surface area contributed by atoms with E-state index in [1.807, 2.05) is 0 Å². The Morgan fingerprint density at radius 3 is 2.75 bits per heavy atom. The lowest BCUT2D eigenvalue weighted by molar-refractivity contribution is 0.0991. The second-order valence-electron chi connectivity index (χ2n) is 2.29. The molecule has 0 aliphatic heterocycles.